The molecule has 0 bridgehead atoms. The number of anilines is 2. The Morgan fingerprint density at radius 3 is 2.43 bits per heavy atom. The Balaban J connectivity index is 1.47. The maximum absolute atomic E-state index is 13.9. The minimum Gasteiger partial charge on any atom is -0.444 e. The standard InChI is InChI=1S/C34H48N8O5/c1-21(2)23-18-36-42-29(41(32(45)47-34(6,7)8)20-28-37-24-12-10-11-13-25(24)39(28)9)16-27(38-30(23)42)35-17-22-14-15-40(19-26(22)43)31(44)46-33(3,4)5/h10-13,16,18,21-22,26,43H,14-15,17,19-20H2,1-9H3,(H,35,38)/t22-,26+/m1/s1. The number of hydrogen-bond donors (Lipinski definition) is 2. The van der Waals surface area contributed by atoms with Gasteiger partial charge < -0.3 is 29.4 Å². The van der Waals surface area contributed by atoms with Gasteiger partial charge in [0.1, 0.15) is 28.7 Å². The van der Waals surface area contributed by atoms with E-state index in [9.17, 15) is 14.7 Å². The van der Waals surface area contributed by atoms with Crippen LogP contribution < -0.4 is 10.2 Å². The van der Waals surface area contributed by atoms with E-state index >= 15 is 0 Å². The van der Waals surface area contributed by atoms with Gasteiger partial charge in [-0.15, -0.1) is 0 Å². The molecule has 0 spiro atoms. The van der Waals surface area contributed by atoms with Crippen LogP contribution in [0.5, 0.6) is 0 Å². The first kappa shape index (κ1) is 34.0. The second kappa shape index (κ2) is 13.0. The highest BCUT2D eigenvalue weighted by molar-refractivity contribution is 5.88. The first-order valence-corrected chi connectivity index (χ1v) is 16.2. The predicted octanol–water partition coefficient (Wildman–Crippen LogP) is 5.71. The SMILES string of the molecule is CC(C)c1cnn2c(N(Cc3nc4ccccc4n3C)C(=O)OC(C)(C)C)cc(NC[C@H]3CCN(C(=O)OC(C)(C)C)C[C@@H]3O)nc12. The molecular formula is C34H48N8O5. The molecule has 5 rings (SSSR count). The molecule has 1 aliphatic heterocycles. The van der Waals surface area contributed by atoms with E-state index in [1.165, 1.54) is 4.90 Å². The van der Waals surface area contributed by atoms with E-state index < -0.39 is 29.5 Å². The number of aliphatic hydroxyl groups excluding tert-OH is 1. The third kappa shape index (κ3) is 7.78. The average Bonchev–Trinajstić information content (AvgIpc) is 3.54. The van der Waals surface area contributed by atoms with Gasteiger partial charge in [0, 0.05) is 37.7 Å². The van der Waals surface area contributed by atoms with Crippen LogP contribution in [0.4, 0.5) is 21.2 Å². The number of fused-ring (bicyclic) bond motifs is 2. The number of aryl methyl sites for hydroxylation is 1. The van der Waals surface area contributed by atoms with Crippen LogP contribution in [0.15, 0.2) is 36.5 Å². The second-order valence-electron chi connectivity index (χ2n) is 14.6. The van der Waals surface area contributed by atoms with Gasteiger partial charge in [0.15, 0.2) is 5.65 Å². The summed E-state index contributed by atoms with van der Waals surface area (Å²) in [7, 11) is 1.93. The summed E-state index contributed by atoms with van der Waals surface area (Å²) in [6.45, 7) is 16.3. The summed E-state index contributed by atoms with van der Waals surface area (Å²) in [5, 5.41) is 19.1. The van der Waals surface area contributed by atoms with Gasteiger partial charge in [0.05, 0.1) is 36.4 Å². The van der Waals surface area contributed by atoms with E-state index in [1.807, 2.05) is 77.4 Å². The summed E-state index contributed by atoms with van der Waals surface area (Å²) >= 11 is 0. The number of carbonyl (C=O) groups excluding carboxylic acids is 2. The highest BCUT2D eigenvalue weighted by Gasteiger charge is 2.33. The highest BCUT2D eigenvalue weighted by Crippen LogP contribution is 2.30. The molecule has 13 heteroatoms. The highest BCUT2D eigenvalue weighted by atomic mass is 16.6. The van der Waals surface area contributed by atoms with Crippen LogP contribution in [0.2, 0.25) is 0 Å². The molecule has 2 atom stereocenters. The Bertz CT molecular complexity index is 1750. The number of hydrogen-bond acceptors (Lipinski definition) is 9. The summed E-state index contributed by atoms with van der Waals surface area (Å²) < 4.78 is 15.0. The molecule has 1 aliphatic rings. The third-order valence-corrected chi connectivity index (χ3v) is 8.09. The van der Waals surface area contributed by atoms with Crippen molar-refractivity contribution in [1.29, 1.82) is 0 Å². The number of benzene rings is 1. The lowest BCUT2D eigenvalue weighted by atomic mass is 9.94. The Morgan fingerprint density at radius 1 is 1.09 bits per heavy atom. The molecule has 47 heavy (non-hydrogen) atoms. The lowest BCUT2D eigenvalue weighted by Gasteiger charge is -2.36. The normalized spacial score (nSPS) is 17.4. The predicted molar refractivity (Wildman–Crippen MR) is 181 cm³/mol. The molecule has 1 saturated heterocycles. The number of para-hydroxylation sites is 2. The van der Waals surface area contributed by atoms with Gasteiger partial charge in [0.2, 0.25) is 0 Å². The number of imidazole rings is 1. The number of likely N-dealkylation sites (tertiary alicyclic amines) is 1. The van der Waals surface area contributed by atoms with Crippen molar-refractivity contribution in [1.82, 2.24) is 29.0 Å². The number of nitrogens with one attached hydrogen (secondary N) is 1. The van der Waals surface area contributed by atoms with Crippen LogP contribution in [0, 0.1) is 5.92 Å². The van der Waals surface area contributed by atoms with E-state index in [0.29, 0.717) is 42.6 Å². The van der Waals surface area contributed by atoms with Gasteiger partial charge in [-0.2, -0.15) is 9.61 Å². The van der Waals surface area contributed by atoms with E-state index in [0.717, 1.165) is 16.6 Å². The topological polar surface area (TPSA) is 139 Å². The van der Waals surface area contributed by atoms with Crippen LogP contribution in [0.3, 0.4) is 0 Å². The Kier molecular flexibility index (Phi) is 9.40. The molecule has 0 saturated carbocycles. The molecule has 4 aromatic rings. The van der Waals surface area contributed by atoms with Crippen molar-refractivity contribution < 1.29 is 24.2 Å². The van der Waals surface area contributed by atoms with Crippen molar-refractivity contribution in [3.63, 3.8) is 0 Å². The van der Waals surface area contributed by atoms with Crippen molar-refractivity contribution in [2.75, 3.05) is 29.9 Å². The molecular weight excluding hydrogens is 600 g/mol. The molecule has 2 amide bonds. The van der Waals surface area contributed by atoms with Gasteiger partial charge in [-0.05, 0) is 66.0 Å². The number of piperidine rings is 1. The number of aliphatic hydroxyl groups is 1. The summed E-state index contributed by atoms with van der Waals surface area (Å²) in [6.07, 6.45) is 0.644. The zero-order valence-electron chi connectivity index (χ0n) is 28.9. The fourth-order valence-electron chi connectivity index (χ4n) is 5.63. The number of amides is 2. The monoisotopic (exact) mass is 648 g/mol. The first-order chi connectivity index (χ1) is 22.0. The van der Waals surface area contributed by atoms with Crippen LogP contribution in [-0.2, 0) is 23.1 Å². The van der Waals surface area contributed by atoms with Crippen LogP contribution in [0.1, 0.15) is 79.1 Å². The minimum absolute atomic E-state index is 0.122. The maximum Gasteiger partial charge on any atom is 0.416 e. The zero-order chi connectivity index (χ0) is 34.3. The number of carbonyl (C=O) groups is 2. The molecule has 0 aliphatic carbocycles. The molecule has 254 valence electrons. The smallest absolute Gasteiger partial charge is 0.416 e. The number of nitrogens with zero attached hydrogens (tertiary/aromatic N) is 7. The summed E-state index contributed by atoms with van der Waals surface area (Å²) in [5.41, 5.74) is 1.96. The largest absolute Gasteiger partial charge is 0.444 e. The van der Waals surface area contributed by atoms with E-state index in [2.05, 4.69) is 24.3 Å². The van der Waals surface area contributed by atoms with Crippen molar-refractivity contribution >= 4 is 40.5 Å². The molecule has 1 fully saturated rings. The van der Waals surface area contributed by atoms with E-state index in [1.54, 1.807) is 21.7 Å². The van der Waals surface area contributed by atoms with Crippen molar-refractivity contribution in [2.24, 2.45) is 13.0 Å². The number of rotatable bonds is 7. The van der Waals surface area contributed by atoms with Crippen LogP contribution in [0.25, 0.3) is 16.7 Å². The average molecular weight is 649 g/mol. The molecule has 1 aromatic carbocycles. The fraction of sp³-hybridized carbons (Fsp3) is 0.559. The summed E-state index contributed by atoms with van der Waals surface area (Å²) in [4.78, 5) is 39.3. The molecule has 3 aromatic heterocycles. The second-order valence-corrected chi connectivity index (χ2v) is 14.6. The minimum atomic E-state index is -0.746. The summed E-state index contributed by atoms with van der Waals surface area (Å²) in [5.74, 6) is 1.65. The van der Waals surface area contributed by atoms with Gasteiger partial charge >= 0.3 is 12.2 Å². The van der Waals surface area contributed by atoms with E-state index in [4.69, 9.17) is 19.4 Å². The third-order valence-electron chi connectivity index (χ3n) is 8.09. The van der Waals surface area contributed by atoms with Crippen molar-refractivity contribution in [3.05, 3.63) is 47.9 Å². The molecule has 0 unspecified atom stereocenters. The van der Waals surface area contributed by atoms with Crippen LogP contribution >= 0.6 is 0 Å². The van der Waals surface area contributed by atoms with Gasteiger partial charge in [0.25, 0.3) is 0 Å². The number of β-amino-alcohol motifs (C(OH)–C–C–N with tert-alkyl or cyclic N) is 1. The van der Waals surface area contributed by atoms with E-state index in [-0.39, 0.29) is 24.9 Å². The quantitative estimate of drug-likeness (QED) is 0.258. The van der Waals surface area contributed by atoms with Crippen molar-refractivity contribution in [3.8, 4) is 0 Å². The van der Waals surface area contributed by atoms with Gasteiger partial charge in [-0.25, -0.2) is 19.6 Å². The Labute approximate surface area is 275 Å². The Morgan fingerprint density at radius 2 is 1.79 bits per heavy atom. The fourth-order valence-corrected chi connectivity index (χ4v) is 5.63. The zero-order valence-corrected chi connectivity index (χ0v) is 28.9. The summed E-state index contributed by atoms with van der Waals surface area (Å²) in [6, 6.07) is 9.60. The van der Waals surface area contributed by atoms with Gasteiger partial charge in [-0.3, -0.25) is 4.90 Å². The Hall–Kier alpha value is -4.39. The molecule has 0 radical (unpaired) electrons. The lowest BCUT2D eigenvalue weighted by molar-refractivity contribution is -0.0104. The molecule has 2 N–H and O–H groups in total. The maximum atomic E-state index is 13.9. The van der Waals surface area contributed by atoms with Crippen molar-refractivity contribution in [2.45, 2.75) is 91.6 Å². The van der Waals surface area contributed by atoms with Gasteiger partial charge in [-0.1, -0.05) is 26.0 Å². The molecule has 4 heterocycles. The molecule has 13 nitrogen and oxygen atoms in total. The first-order valence-electron chi connectivity index (χ1n) is 16.2. The van der Waals surface area contributed by atoms with Crippen LogP contribution in [-0.4, -0.2) is 83.3 Å². The number of aromatic nitrogens is 5. The lowest BCUT2D eigenvalue weighted by Crippen LogP contribution is -2.49. The number of ether oxygens (including phenoxy) is 2.